The van der Waals surface area contributed by atoms with Crippen molar-refractivity contribution in [3.8, 4) is 0 Å². The molecule has 1 N–H and O–H groups in total. The van der Waals surface area contributed by atoms with Gasteiger partial charge in [0.1, 0.15) is 0 Å². The quantitative estimate of drug-likeness (QED) is 0.892. The van der Waals surface area contributed by atoms with Crippen LogP contribution in [0.3, 0.4) is 0 Å². The third kappa shape index (κ3) is 2.98. The molecule has 0 aliphatic carbocycles. The molecule has 0 saturated carbocycles. The molecule has 5 heteroatoms. The molecule has 2 aromatic heterocycles. The maximum atomic E-state index is 4.36. The van der Waals surface area contributed by atoms with Crippen LogP contribution in [-0.4, -0.2) is 26.5 Å². The monoisotopic (exact) mass is 259 g/mol. The van der Waals surface area contributed by atoms with E-state index in [0.717, 1.165) is 24.5 Å². The lowest BCUT2D eigenvalue weighted by molar-refractivity contribution is 0.616. The fraction of sp³-hybridized carbons (Fsp3) is 0.500. The molecule has 1 unspecified atom stereocenters. The SMILES string of the molecule is CCNC(c1cnn(CC)c1)c1cc(C)nnc1C. The van der Waals surface area contributed by atoms with E-state index in [-0.39, 0.29) is 6.04 Å². The number of nitrogens with zero attached hydrogens (tertiary/aromatic N) is 4. The molecule has 0 fully saturated rings. The summed E-state index contributed by atoms with van der Waals surface area (Å²) in [6.45, 7) is 9.93. The van der Waals surface area contributed by atoms with Crippen molar-refractivity contribution in [3.05, 3.63) is 41.0 Å². The van der Waals surface area contributed by atoms with Gasteiger partial charge in [-0.25, -0.2) is 0 Å². The highest BCUT2D eigenvalue weighted by Crippen LogP contribution is 2.23. The third-order valence-electron chi connectivity index (χ3n) is 3.17. The van der Waals surface area contributed by atoms with Crippen molar-refractivity contribution in [1.29, 1.82) is 0 Å². The van der Waals surface area contributed by atoms with E-state index in [1.54, 1.807) is 0 Å². The lowest BCUT2D eigenvalue weighted by atomic mass is 10.00. The second kappa shape index (κ2) is 5.93. The van der Waals surface area contributed by atoms with Crippen LogP contribution < -0.4 is 5.32 Å². The molecule has 0 aliphatic heterocycles. The number of hydrogen-bond donors (Lipinski definition) is 1. The highest BCUT2D eigenvalue weighted by molar-refractivity contribution is 5.32. The van der Waals surface area contributed by atoms with E-state index < -0.39 is 0 Å². The molecule has 0 bridgehead atoms. The van der Waals surface area contributed by atoms with Crippen LogP contribution in [-0.2, 0) is 6.54 Å². The average Bonchev–Trinajstić information content (AvgIpc) is 2.88. The summed E-state index contributed by atoms with van der Waals surface area (Å²) in [7, 11) is 0. The molecule has 19 heavy (non-hydrogen) atoms. The van der Waals surface area contributed by atoms with Crippen LogP contribution in [0.2, 0.25) is 0 Å². The number of nitrogens with one attached hydrogen (secondary N) is 1. The maximum Gasteiger partial charge on any atom is 0.0651 e. The minimum atomic E-state index is 0.125. The molecule has 2 aromatic rings. The van der Waals surface area contributed by atoms with Gasteiger partial charge in [-0.15, -0.1) is 0 Å². The van der Waals surface area contributed by atoms with Crippen LogP contribution >= 0.6 is 0 Å². The van der Waals surface area contributed by atoms with Crippen LogP contribution in [0.25, 0.3) is 0 Å². The first-order chi connectivity index (χ1) is 9.15. The highest BCUT2D eigenvalue weighted by atomic mass is 15.3. The van der Waals surface area contributed by atoms with E-state index in [4.69, 9.17) is 0 Å². The second-order valence-corrected chi connectivity index (χ2v) is 4.65. The normalized spacial score (nSPS) is 12.6. The van der Waals surface area contributed by atoms with Gasteiger partial charge < -0.3 is 5.32 Å². The number of rotatable bonds is 5. The van der Waals surface area contributed by atoms with E-state index >= 15 is 0 Å². The highest BCUT2D eigenvalue weighted by Gasteiger charge is 2.18. The van der Waals surface area contributed by atoms with Gasteiger partial charge >= 0.3 is 0 Å². The van der Waals surface area contributed by atoms with Crippen LogP contribution in [0.1, 0.15) is 42.4 Å². The summed E-state index contributed by atoms with van der Waals surface area (Å²) in [4.78, 5) is 0. The second-order valence-electron chi connectivity index (χ2n) is 4.65. The first kappa shape index (κ1) is 13.7. The van der Waals surface area contributed by atoms with Crippen molar-refractivity contribution >= 4 is 0 Å². The molecule has 0 spiro atoms. The van der Waals surface area contributed by atoms with Crippen LogP contribution in [0.4, 0.5) is 0 Å². The van der Waals surface area contributed by atoms with Gasteiger partial charge in [0.2, 0.25) is 0 Å². The van der Waals surface area contributed by atoms with Crippen molar-refractivity contribution in [2.24, 2.45) is 0 Å². The molecule has 102 valence electrons. The lowest BCUT2D eigenvalue weighted by Crippen LogP contribution is -2.23. The average molecular weight is 259 g/mol. The van der Waals surface area contributed by atoms with Crippen molar-refractivity contribution in [2.45, 2.75) is 40.3 Å². The first-order valence-corrected chi connectivity index (χ1v) is 6.72. The molecule has 0 amide bonds. The molecular weight excluding hydrogens is 238 g/mol. The Morgan fingerprint density at radius 2 is 2.05 bits per heavy atom. The minimum Gasteiger partial charge on any atom is -0.306 e. The Morgan fingerprint density at radius 1 is 1.26 bits per heavy atom. The van der Waals surface area contributed by atoms with E-state index in [1.807, 2.05) is 24.7 Å². The van der Waals surface area contributed by atoms with Crippen molar-refractivity contribution in [2.75, 3.05) is 6.54 Å². The molecule has 2 rings (SSSR count). The smallest absolute Gasteiger partial charge is 0.0651 e. The standard InChI is InChI=1S/C14H21N5/c1-5-15-14(12-8-16-19(6-2)9-12)13-7-10(3)17-18-11(13)4/h7-9,14-15H,5-6H2,1-4H3. The largest absolute Gasteiger partial charge is 0.306 e. The zero-order valence-corrected chi connectivity index (χ0v) is 12.0. The van der Waals surface area contributed by atoms with E-state index in [2.05, 4.69) is 46.7 Å². The van der Waals surface area contributed by atoms with Crippen molar-refractivity contribution in [3.63, 3.8) is 0 Å². The Bertz CT molecular complexity index is 547. The fourth-order valence-corrected chi connectivity index (χ4v) is 2.18. The molecule has 0 aliphatic rings. The van der Waals surface area contributed by atoms with Gasteiger partial charge in [-0.05, 0) is 38.9 Å². The predicted octanol–water partition coefficient (Wildman–Crippen LogP) is 2.01. The number of aromatic nitrogens is 4. The summed E-state index contributed by atoms with van der Waals surface area (Å²) in [5.74, 6) is 0. The summed E-state index contributed by atoms with van der Waals surface area (Å²) in [6, 6.07) is 2.22. The Morgan fingerprint density at radius 3 is 2.68 bits per heavy atom. The van der Waals surface area contributed by atoms with Crippen molar-refractivity contribution in [1.82, 2.24) is 25.3 Å². The van der Waals surface area contributed by atoms with Gasteiger partial charge in [0, 0.05) is 18.3 Å². The van der Waals surface area contributed by atoms with Crippen LogP contribution in [0.5, 0.6) is 0 Å². The van der Waals surface area contributed by atoms with Crippen molar-refractivity contribution < 1.29 is 0 Å². The van der Waals surface area contributed by atoms with Gasteiger partial charge in [0.25, 0.3) is 0 Å². The van der Waals surface area contributed by atoms with Crippen LogP contribution in [0.15, 0.2) is 18.5 Å². The van der Waals surface area contributed by atoms with Gasteiger partial charge in [0.05, 0.1) is 23.6 Å². The summed E-state index contributed by atoms with van der Waals surface area (Å²) < 4.78 is 1.94. The Hall–Kier alpha value is -1.75. The zero-order valence-electron chi connectivity index (χ0n) is 12.0. The van der Waals surface area contributed by atoms with Gasteiger partial charge in [-0.1, -0.05) is 6.92 Å². The molecular formula is C14H21N5. The molecule has 0 radical (unpaired) electrons. The van der Waals surface area contributed by atoms with Crippen LogP contribution in [0, 0.1) is 13.8 Å². The third-order valence-corrected chi connectivity index (χ3v) is 3.17. The van der Waals surface area contributed by atoms with E-state index in [9.17, 15) is 0 Å². The Kier molecular flexibility index (Phi) is 4.27. The van der Waals surface area contributed by atoms with Gasteiger partial charge in [-0.3, -0.25) is 4.68 Å². The summed E-state index contributed by atoms with van der Waals surface area (Å²) in [5, 5.41) is 16.2. The zero-order chi connectivity index (χ0) is 13.8. The van der Waals surface area contributed by atoms with Gasteiger partial charge in [-0.2, -0.15) is 15.3 Å². The molecule has 1 atom stereocenters. The van der Waals surface area contributed by atoms with E-state index in [0.29, 0.717) is 0 Å². The Labute approximate surface area is 114 Å². The Balaban J connectivity index is 2.41. The molecule has 0 aromatic carbocycles. The number of aryl methyl sites for hydroxylation is 3. The lowest BCUT2D eigenvalue weighted by Gasteiger charge is -2.18. The fourth-order valence-electron chi connectivity index (χ4n) is 2.18. The summed E-state index contributed by atoms with van der Waals surface area (Å²) >= 11 is 0. The predicted molar refractivity (Wildman–Crippen MR) is 74.9 cm³/mol. The van der Waals surface area contributed by atoms with E-state index in [1.165, 1.54) is 11.1 Å². The maximum absolute atomic E-state index is 4.36. The molecule has 2 heterocycles. The first-order valence-electron chi connectivity index (χ1n) is 6.72. The van der Waals surface area contributed by atoms with Gasteiger partial charge in [0.15, 0.2) is 0 Å². The summed E-state index contributed by atoms with van der Waals surface area (Å²) in [6.07, 6.45) is 4.01. The molecule has 5 nitrogen and oxygen atoms in total. The number of hydrogen-bond acceptors (Lipinski definition) is 4. The topological polar surface area (TPSA) is 55.6 Å². The molecule has 0 saturated heterocycles. The summed E-state index contributed by atoms with van der Waals surface area (Å²) in [5.41, 5.74) is 4.23. The minimum absolute atomic E-state index is 0.125.